The Hall–Kier alpha value is -2.53. The van der Waals surface area contributed by atoms with E-state index in [4.69, 9.17) is 11.6 Å². The van der Waals surface area contributed by atoms with Crippen LogP contribution in [-0.2, 0) is 13.0 Å². The molecule has 29 heavy (non-hydrogen) atoms. The van der Waals surface area contributed by atoms with Gasteiger partial charge in [0.15, 0.2) is 5.96 Å². The van der Waals surface area contributed by atoms with Crippen LogP contribution in [0.5, 0.6) is 0 Å². The Balaban J connectivity index is 1.44. The molecule has 0 spiro atoms. The molecule has 2 aromatic carbocycles. The molecular formula is C23H29ClN4O. The molecule has 0 unspecified atom stereocenters. The van der Waals surface area contributed by atoms with Gasteiger partial charge in [0.25, 0.3) is 5.91 Å². The number of aliphatic imine (C=N–C) groups is 1. The fourth-order valence-electron chi connectivity index (χ4n) is 3.47. The molecule has 5 nitrogen and oxygen atoms in total. The predicted octanol–water partition coefficient (Wildman–Crippen LogP) is 3.87. The maximum absolute atomic E-state index is 12.6. The van der Waals surface area contributed by atoms with E-state index in [9.17, 15) is 4.79 Å². The van der Waals surface area contributed by atoms with Crippen molar-refractivity contribution in [3.05, 3.63) is 70.2 Å². The average molecular weight is 413 g/mol. The van der Waals surface area contributed by atoms with Gasteiger partial charge in [-0.3, -0.25) is 9.79 Å². The van der Waals surface area contributed by atoms with Crippen molar-refractivity contribution in [1.82, 2.24) is 15.5 Å². The molecule has 0 aliphatic carbocycles. The first-order chi connectivity index (χ1) is 14.2. The minimum atomic E-state index is 0.141. The fourth-order valence-corrected chi connectivity index (χ4v) is 3.68. The van der Waals surface area contributed by atoms with Crippen LogP contribution in [0.2, 0.25) is 5.02 Å². The van der Waals surface area contributed by atoms with Crippen LogP contribution >= 0.6 is 11.6 Å². The molecule has 1 saturated heterocycles. The van der Waals surface area contributed by atoms with Crippen LogP contribution < -0.4 is 10.6 Å². The van der Waals surface area contributed by atoms with Gasteiger partial charge in [0.1, 0.15) is 0 Å². The third-order valence-corrected chi connectivity index (χ3v) is 5.36. The van der Waals surface area contributed by atoms with Crippen molar-refractivity contribution in [3.63, 3.8) is 0 Å². The topological polar surface area (TPSA) is 56.7 Å². The summed E-state index contributed by atoms with van der Waals surface area (Å²) in [5.74, 6) is 0.892. The second-order valence-corrected chi connectivity index (χ2v) is 7.72. The van der Waals surface area contributed by atoms with E-state index in [1.807, 2.05) is 47.4 Å². The summed E-state index contributed by atoms with van der Waals surface area (Å²) in [6.45, 7) is 3.16. The maximum Gasteiger partial charge on any atom is 0.253 e. The zero-order chi connectivity index (χ0) is 20.5. The van der Waals surface area contributed by atoms with Crippen molar-refractivity contribution in [2.24, 2.45) is 4.99 Å². The number of hydrogen-bond donors (Lipinski definition) is 2. The summed E-state index contributed by atoms with van der Waals surface area (Å²) >= 11 is 6.03. The lowest BCUT2D eigenvalue weighted by Gasteiger charge is -2.26. The lowest BCUT2D eigenvalue weighted by Crippen LogP contribution is -2.38. The Kier molecular flexibility index (Phi) is 7.94. The van der Waals surface area contributed by atoms with Crippen LogP contribution in [-0.4, -0.2) is 43.4 Å². The largest absolute Gasteiger partial charge is 0.356 e. The van der Waals surface area contributed by atoms with Gasteiger partial charge in [-0.1, -0.05) is 35.9 Å². The molecule has 154 valence electrons. The Morgan fingerprint density at radius 3 is 2.48 bits per heavy atom. The highest BCUT2D eigenvalue weighted by atomic mass is 35.5. The lowest BCUT2D eigenvalue weighted by molar-refractivity contribution is 0.0724. The van der Waals surface area contributed by atoms with Crippen molar-refractivity contribution in [2.45, 2.75) is 32.2 Å². The van der Waals surface area contributed by atoms with Crippen LogP contribution in [0.15, 0.2) is 53.5 Å². The third-order valence-electron chi connectivity index (χ3n) is 5.12. The van der Waals surface area contributed by atoms with Crippen molar-refractivity contribution in [3.8, 4) is 0 Å². The number of carbonyl (C=O) groups excluding carboxylic acids is 1. The Bertz CT molecular complexity index is 829. The van der Waals surface area contributed by atoms with Crippen molar-refractivity contribution >= 4 is 23.5 Å². The van der Waals surface area contributed by atoms with Gasteiger partial charge >= 0.3 is 0 Å². The smallest absolute Gasteiger partial charge is 0.253 e. The SMILES string of the molecule is CN=C(NCCc1cccc(Cl)c1)NCc1ccc(C(=O)N2CCCCC2)cc1. The van der Waals surface area contributed by atoms with E-state index in [0.29, 0.717) is 6.54 Å². The van der Waals surface area contributed by atoms with Crippen molar-refractivity contribution < 1.29 is 4.79 Å². The van der Waals surface area contributed by atoms with E-state index in [-0.39, 0.29) is 5.91 Å². The molecule has 2 N–H and O–H groups in total. The third kappa shape index (κ3) is 6.50. The highest BCUT2D eigenvalue weighted by Gasteiger charge is 2.17. The molecule has 1 aliphatic rings. The molecule has 1 amide bonds. The second-order valence-electron chi connectivity index (χ2n) is 7.28. The van der Waals surface area contributed by atoms with Crippen molar-refractivity contribution in [1.29, 1.82) is 0 Å². The van der Waals surface area contributed by atoms with Crippen LogP contribution in [0, 0.1) is 0 Å². The van der Waals surface area contributed by atoms with Gasteiger partial charge in [-0.2, -0.15) is 0 Å². The molecule has 0 bridgehead atoms. The summed E-state index contributed by atoms with van der Waals surface area (Å²) in [6.07, 6.45) is 4.31. The summed E-state index contributed by atoms with van der Waals surface area (Å²) in [5, 5.41) is 7.38. The second kappa shape index (κ2) is 10.9. The van der Waals surface area contributed by atoms with E-state index in [2.05, 4.69) is 21.7 Å². The number of hydrogen-bond acceptors (Lipinski definition) is 2. The Morgan fingerprint density at radius 1 is 1.03 bits per heavy atom. The molecular weight excluding hydrogens is 384 g/mol. The Labute approximate surface area is 178 Å². The number of likely N-dealkylation sites (tertiary alicyclic amines) is 1. The number of nitrogens with one attached hydrogen (secondary N) is 2. The van der Waals surface area contributed by atoms with E-state index in [0.717, 1.165) is 61.0 Å². The van der Waals surface area contributed by atoms with Gasteiger partial charge in [-0.05, 0) is 61.1 Å². The first-order valence-corrected chi connectivity index (χ1v) is 10.6. The molecule has 1 heterocycles. The van der Waals surface area contributed by atoms with Crippen molar-refractivity contribution in [2.75, 3.05) is 26.7 Å². The number of halogens is 1. The zero-order valence-corrected chi connectivity index (χ0v) is 17.7. The lowest BCUT2D eigenvalue weighted by atomic mass is 10.1. The summed E-state index contributed by atoms with van der Waals surface area (Å²) < 4.78 is 0. The monoisotopic (exact) mass is 412 g/mol. The molecule has 6 heteroatoms. The number of rotatable bonds is 6. The normalized spacial score (nSPS) is 14.6. The average Bonchev–Trinajstić information content (AvgIpc) is 2.76. The molecule has 0 aromatic heterocycles. The fraction of sp³-hybridized carbons (Fsp3) is 0.391. The number of piperidine rings is 1. The molecule has 2 aromatic rings. The Morgan fingerprint density at radius 2 is 1.79 bits per heavy atom. The quantitative estimate of drug-likeness (QED) is 0.559. The van der Waals surface area contributed by atoms with E-state index < -0.39 is 0 Å². The summed E-state index contributed by atoms with van der Waals surface area (Å²) in [6, 6.07) is 15.7. The minimum absolute atomic E-state index is 0.141. The van der Waals surface area contributed by atoms with Crippen LogP contribution in [0.1, 0.15) is 40.7 Å². The molecule has 0 atom stereocenters. The standard InChI is InChI=1S/C23H29ClN4O/c1-25-23(26-13-12-18-6-5-7-21(24)16-18)27-17-19-8-10-20(11-9-19)22(29)28-14-3-2-4-15-28/h5-11,16H,2-4,12-15,17H2,1H3,(H2,25,26,27). The summed E-state index contributed by atoms with van der Waals surface area (Å²) in [4.78, 5) is 18.8. The number of carbonyl (C=O) groups is 1. The molecule has 0 saturated carbocycles. The first-order valence-electron chi connectivity index (χ1n) is 10.2. The minimum Gasteiger partial charge on any atom is -0.356 e. The van der Waals surface area contributed by atoms with Gasteiger partial charge in [0.2, 0.25) is 0 Å². The van der Waals surface area contributed by atoms with Crippen LogP contribution in [0.3, 0.4) is 0 Å². The summed E-state index contributed by atoms with van der Waals surface area (Å²) in [5.41, 5.74) is 3.06. The zero-order valence-electron chi connectivity index (χ0n) is 17.0. The van der Waals surface area contributed by atoms with Gasteiger partial charge in [-0.25, -0.2) is 0 Å². The van der Waals surface area contributed by atoms with E-state index in [1.165, 1.54) is 12.0 Å². The van der Waals surface area contributed by atoms with Crippen LogP contribution in [0.4, 0.5) is 0 Å². The molecule has 1 fully saturated rings. The summed E-state index contributed by atoms with van der Waals surface area (Å²) in [7, 11) is 1.76. The van der Waals surface area contributed by atoms with Gasteiger partial charge in [-0.15, -0.1) is 0 Å². The number of benzene rings is 2. The van der Waals surface area contributed by atoms with Gasteiger partial charge in [0, 0.05) is 43.8 Å². The first kappa shape index (κ1) is 21.2. The maximum atomic E-state index is 12.6. The van der Waals surface area contributed by atoms with Gasteiger partial charge in [0.05, 0.1) is 0 Å². The molecule has 3 rings (SSSR count). The number of amides is 1. The number of guanidine groups is 1. The predicted molar refractivity (Wildman–Crippen MR) is 120 cm³/mol. The van der Waals surface area contributed by atoms with E-state index in [1.54, 1.807) is 7.05 Å². The van der Waals surface area contributed by atoms with Gasteiger partial charge < -0.3 is 15.5 Å². The highest BCUT2D eigenvalue weighted by molar-refractivity contribution is 6.30. The molecule has 0 radical (unpaired) electrons. The highest BCUT2D eigenvalue weighted by Crippen LogP contribution is 2.14. The van der Waals surface area contributed by atoms with Crippen LogP contribution in [0.25, 0.3) is 0 Å². The van der Waals surface area contributed by atoms with E-state index >= 15 is 0 Å². The number of nitrogens with zero attached hydrogens (tertiary/aromatic N) is 2. The molecule has 1 aliphatic heterocycles.